The van der Waals surface area contributed by atoms with Gasteiger partial charge in [0.05, 0.1) is 32.0 Å². The highest BCUT2D eigenvalue weighted by Crippen LogP contribution is 2.21. The Labute approximate surface area is 155 Å². The van der Waals surface area contributed by atoms with Crippen molar-refractivity contribution in [2.75, 3.05) is 24.9 Å². The number of hydrogen-bond acceptors (Lipinski definition) is 6. The van der Waals surface area contributed by atoms with Gasteiger partial charge in [0.15, 0.2) is 11.6 Å². The van der Waals surface area contributed by atoms with E-state index in [0.717, 1.165) is 0 Å². The molecule has 8 nitrogen and oxygen atoms in total. The van der Waals surface area contributed by atoms with E-state index in [2.05, 4.69) is 20.1 Å². The number of methoxy groups -OCH3 is 2. The van der Waals surface area contributed by atoms with Crippen molar-refractivity contribution in [1.82, 2.24) is 0 Å². The summed E-state index contributed by atoms with van der Waals surface area (Å²) in [6.07, 6.45) is -1.90. The molecular formula is C19H18N2O6. The van der Waals surface area contributed by atoms with Crippen LogP contribution in [0.2, 0.25) is 0 Å². The average Bonchev–Trinajstić information content (AvgIpc) is 2.68. The maximum Gasteiger partial charge on any atom is 0.411 e. The maximum absolute atomic E-state index is 12.6. The number of amides is 2. The zero-order chi connectivity index (χ0) is 19.8. The molecule has 0 saturated heterocycles. The van der Waals surface area contributed by atoms with Crippen molar-refractivity contribution in [2.24, 2.45) is 0 Å². The van der Waals surface area contributed by atoms with E-state index in [1.165, 1.54) is 38.5 Å². The van der Waals surface area contributed by atoms with Gasteiger partial charge in [-0.3, -0.25) is 20.2 Å². The van der Waals surface area contributed by atoms with Gasteiger partial charge in [-0.1, -0.05) is 24.3 Å². The fourth-order valence-electron chi connectivity index (χ4n) is 2.33. The lowest BCUT2D eigenvalue weighted by molar-refractivity contribution is 0.0895. The van der Waals surface area contributed by atoms with Gasteiger partial charge in [0, 0.05) is 11.1 Å². The van der Waals surface area contributed by atoms with E-state index in [1.54, 1.807) is 24.3 Å². The Bertz CT molecular complexity index is 807. The number of rotatable bonds is 6. The number of anilines is 2. The predicted octanol–water partition coefficient (Wildman–Crippen LogP) is 3.50. The molecule has 2 aromatic carbocycles. The SMILES string of the molecule is COC(=O)Nc1ccccc1C(=O)CC(=O)c1ccccc1NC(=O)OC. The number of Topliss-reactive ketones (excluding diaryl/α,β-unsaturated/α-hetero) is 2. The lowest BCUT2D eigenvalue weighted by Gasteiger charge is -2.11. The van der Waals surface area contributed by atoms with Crippen molar-refractivity contribution in [2.45, 2.75) is 6.42 Å². The first-order valence-electron chi connectivity index (χ1n) is 7.90. The number of carbonyl (C=O) groups is 4. The standard InChI is InChI=1S/C19H18N2O6/c1-26-18(24)20-14-9-5-3-7-12(14)16(22)11-17(23)13-8-4-6-10-15(13)21-19(25)27-2/h3-10H,11H2,1-2H3,(H,20,24)(H,21,25). The molecule has 27 heavy (non-hydrogen) atoms. The van der Waals surface area contributed by atoms with E-state index in [0.29, 0.717) is 0 Å². The summed E-state index contributed by atoms with van der Waals surface area (Å²) in [7, 11) is 2.41. The highest BCUT2D eigenvalue weighted by molar-refractivity contribution is 6.17. The second-order valence-electron chi connectivity index (χ2n) is 5.35. The van der Waals surface area contributed by atoms with Gasteiger partial charge in [0.1, 0.15) is 0 Å². The molecule has 0 aromatic heterocycles. The van der Waals surface area contributed by atoms with Crippen LogP contribution < -0.4 is 10.6 Å². The largest absolute Gasteiger partial charge is 0.453 e. The molecule has 2 aromatic rings. The van der Waals surface area contributed by atoms with E-state index in [9.17, 15) is 19.2 Å². The zero-order valence-electron chi connectivity index (χ0n) is 14.8. The van der Waals surface area contributed by atoms with Gasteiger partial charge in [-0.15, -0.1) is 0 Å². The molecule has 0 radical (unpaired) electrons. The van der Waals surface area contributed by atoms with Crippen molar-refractivity contribution in [3.8, 4) is 0 Å². The average molecular weight is 370 g/mol. The summed E-state index contributed by atoms with van der Waals surface area (Å²) in [4.78, 5) is 48.0. The van der Waals surface area contributed by atoms with E-state index in [1.807, 2.05) is 0 Å². The van der Waals surface area contributed by atoms with Crippen LogP contribution in [-0.2, 0) is 9.47 Å². The quantitative estimate of drug-likeness (QED) is 0.595. The molecule has 2 rings (SSSR count). The molecule has 2 amide bonds. The third-order valence-corrected chi connectivity index (χ3v) is 3.62. The molecule has 2 N–H and O–H groups in total. The molecular weight excluding hydrogens is 352 g/mol. The molecule has 0 fully saturated rings. The molecule has 0 spiro atoms. The molecule has 0 bridgehead atoms. The lowest BCUT2D eigenvalue weighted by atomic mass is 9.99. The van der Waals surface area contributed by atoms with Gasteiger partial charge in [-0.25, -0.2) is 9.59 Å². The van der Waals surface area contributed by atoms with Crippen molar-refractivity contribution in [3.63, 3.8) is 0 Å². The normalized spacial score (nSPS) is 9.85. The summed E-state index contributed by atoms with van der Waals surface area (Å²) in [5, 5.41) is 4.86. The number of para-hydroxylation sites is 2. The summed E-state index contributed by atoms with van der Waals surface area (Å²) in [5.41, 5.74) is 0.829. The van der Waals surface area contributed by atoms with E-state index in [4.69, 9.17) is 0 Å². The number of benzene rings is 2. The van der Waals surface area contributed by atoms with Crippen molar-refractivity contribution in [3.05, 3.63) is 59.7 Å². The van der Waals surface area contributed by atoms with Crippen molar-refractivity contribution in [1.29, 1.82) is 0 Å². The summed E-state index contributed by atoms with van der Waals surface area (Å²) < 4.78 is 9.04. The summed E-state index contributed by atoms with van der Waals surface area (Å²) >= 11 is 0. The predicted molar refractivity (Wildman–Crippen MR) is 98.2 cm³/mol. The molecule has 8 heteroatoms. The number of ether oxygens (including phenoxy) is 2. The lowest BCUT2D eigenvalue weighted by Crippen LogP contribution is -2.17. The zero-order valence-corrected chi connectivity index (χ0v) is 14.8. The van der Waals surface area contributed by atoms with Crippen molar-refractivity contribution >= 4 is 35.1 Å². The highest BCUT2D eigenvalue weighted by atomic mass is 16.5. The third-order valence-electron chi connectivity index (χ3n) is 3.62. The molecule has 0 unspecified atom stereocenters. The Hall–Kier alpha value is -3.68. The van der Waals surface area contributed by atoms with Gasteiger partial charge < -0.3 is 9.47 Å². The molecule has 0 aliphatic carbocycles. The minimum atomic E-state index is -0.728. The van der Waals surface area contributed by atoms with Crippen LogP contribution in [0, 0.1) is 0 Å². The Morgan fingerprint density at radius 2 is 1.07 bits per heavy atom. The molecule has 0 aliphatic heterocycles. The van der Waals surface area contributed by atoms with Crippen LogP contribution in [0.3, 0.4) is 0 Å². The minimum absolute atomic E-state index is 0.176. The minimum Gasteiger partial charge on any atom is -0.453 e. The first-order chi connectivity index (χ1) is 13.0. The number of ketones is 2. The van der Waals surface area contributed by atoms with Crippen LogP contribution in [0.25, 0.3) is 0 Å². The first-order valence-corrected chi connectivity index (χ1v) is 7.90. The molecule has 0 atom stereocenters. The van der Waals surface area contributed by atoms with E-state index < -0.39 is 30.2 Å². The highest BCUT2D eigenvalue weighted by Gasteiger charge is 2.20. The second kappa shape index (κ2) is 9.14. The van der Waals surface area contributed by atoms with Gasteiger partial charge >= 0.3 is 12.2 Å². The molecule has 0 aliphatic rings. The van der Waals surface area contributed by atoms with Crippen LogP contribution in [0.5, 0.6) is 0 Å². The Kier molecular flexibility index (Phi) is 6.65. The van der Waals surface area contributed by atoms with Gasteiger partial charge in [-0.05, 0) is 24.3 Å². The summed E-state index contributed by atoms with van der Waals surface area (Å²) in [5.74, 6) is -0.972. The van der Waals surface area contributed by atoms with E-state index in [-0.39, 0.29) is 22.5 Å². The van der Waals surface area contributed by atoms with Gasteiger partial charge in [-0.2, -0.15) is 0 Å². The monoisotopic (exact) mass is 370 g/mol. The third kappa shape index (κ3) is 5.15. The summed E-state index contributed by atoms with van der Waals surface area (Å²) in [6.45, 7) is 0. The second-order valence-corrected chi connectivity index (χ2v) is 5.35. The molecule has 0 heterocycles. The Morgan fingerprint density at radius 3 is 1.44 bits per heavy atom. The van der Waals surface area contributed by atoms with Gasteiger partial charge in [0.2, 0.25) is 0 Å². The number of nitrogens with one attached hydrogen (secondary N) is 2. The van der Waals surface area contributed by atoms with Crippen LogP contribution in [0.1, 0.15) is 27.1 Å². The fourth-order valence-corrected chi connectivity index (χ4v) is 2.33. The van der Waals surface area contributed by atoms with E-state index >= 15 is 0 Å². The van der Waals surface area contributed by atoms with Crippen LogP contribution in [-0.4, -0.2) is 38.0 Å². The number of hydrogen-bond donors (Lipinski definition) is 2. The first kappa shape index (κ1) is 19.6. The van der Waals surface area contributed by atoms with Crippen LogP contribution in [0.4, 0.5) is 21.0 Å². The van der Waals surface area contributed by atoms with Crippen molar-refractivity contribution < 1.29 is 28.7 Å². The van der Waals surface area contributed by atoms with Crippen LogP contribution >= 0.6 is 0 Å². The van der Waals surface area contributed by atoms with Crippen LogP contribution in [0.15, 0.2) is 48.5 Å². The Morgan fingerprint density at radius 1 is 0.704 bits per heavy atom. The number of carbonyl (C=O) groups excluding carboxylic acids is 4. The van der Waals surface area contributed by atoms with Gasteiger partial charge in [0.25, 0.3) is 0 Å². The fraction of sp³-hybridized carbons (Fsp3) is 0.158. The molecule has 0 saturated carbocycles. The Balaban J connectivity index is 2.21. The topological polar surface area (TPSA) is 111 Å². The molecule has 140 valence electrons. The summed E-state index contributed by atoms with van der Waals surface area (Å²) in [6, 6.07) is 12.6. The smallest absolute Gasteiger partial charge is 0.411 e. The maximum atomic E-state index is 12.6.